The number of alkyl halides is 2. The second-order valence-electron chi connectivity index (χ2n) is 8.55. The Morgan fingerprint density at radius 2 is 2.11 bits per heavy atom. The molecule has 4 N–H and O–H groups in total. The number of aryl methyl sites for hydroxylation is 1. The Balaban J connectivity index is 2.48. The van der Waals surface area contributed by atoms with Crippen molar-refractivity contribution in [2.75, 3.05) is 13.7 Å². The summed E-state index contributed by atoms with van der Waals surface area (Å²) in [5.74, 6) is -1.03. The lowest BCUT2D eigenvalue weighted by atomic mass is 9.71. The van der Waals surface area contributed by atoms with Crippen molar-refractivity contribution < 1.29 is 27.8 Å². The number of carbonyl (C=O) groups excluding carboxylic acids is 1. The SMILES string of the molecule is B[C@@](C)(NC(=O)COC(F)F)c1cc(F)cc(Cl)c1C\C=C/C=c1/c(/C(=N/C=N)NC)cc(C)n/c1=C\O. The molecule has 0 saturated carbocycles. The number of aliphatic imine (C=N–C) groups is 1. The van der Waals surface area contributed by atoms with Crippen LogP contribution in [0.25, 0.3) is 12.3 Å². The zero-order valence-corrected chi connectivity index (χ0v) is 22.0. The highest BCUT2D eigenvalue weighted by Crippen LogP contribution is 2.29. The first-order valence-corrected chi connectivity index (χ1v) is 11.7. The predicted molar refractivity (Wildman–Crippen MR) is 144 cm³/mol. The number of nitrogens with zero attached hydrogens (tertiary/aromatic N) is 2. The van der Waals surface area contributed by atoms with Gasteiger partial charge in [0.05, 0.1) is 0 Å². The van der Waals surface area contributed by atoms with E-state index in [1.807, 2.05) is 0 Å². The van der Waals surface area contributed by atoms with Crippen LogP contribution >= 0.6 is 11.6 Å². The summed E-state index contributed by atoms with van der Waals surface area (Å²) in [6.07, 6.45) is 7.09. The van der Waals surface area contributed by atoms with E-state index in [-0.39, 0.29) is 16.8 Å². The molecule has 2 aromatic rings. The first kappa shape index (κ1) is 30.6. The van der Waals surface area contributed by atoms with Crippen molar-refractivity contribution >= 4 is 49.9 Å². The molecule has 13 heteroatoms. The van der Waals surface area contributed by atoms with Crippen LogP contribution in [-0.4, -0.2) is 56.3 Å². The van der Waals surface area contributed by atoms with Gasteiger partial charge in [0.1, 0.15) is 44.1 Å². The summed E-state index contributed by atoms with van der Waals surface area (Å²) >= 11 is 6.35. The zero-order chi connectivity index (χ0) is 28.5. The highest BCUT2D eigenvalue weighted by molar-refractivity contribution is 6.31. The van der Waals surface area contributed by atoms with Gasteiger partial charge in [0.15, 0.2) is 0 Å². The maximum Gasteiger partial charge on any atom is 0.345 e. The lowest BCUT2D eigenvalue weighted by Gasteiger charge is -2.30. The van der Waals surface area contributed by atoms with Crippen LogP contribution in [0.5, 0.6) is 0 Å². The van der Waals surface area contributed by atoms with Gasteiger partial charge in [-0.15, -0.1) is 0 Å². The summed E-state index contributed by atoms with van der Waals surface area (Å²) in [6, 6.07) is 4.12. The van der Waals surface area contributed by atoms with Gasteiger partial charge < -0.3 is 20.5 Å². The summed E-state index contributed by atoms with van der Waals surface area (Å²) in [5, 5.41) is 23.5. The minimum Gasteiger partial charge on any atom is -0.513 e. The maximum absolute atomic E-state index is 14.3. The number of nitrogens with one attached hydrogen (secondary N) is 3. The van der Waals surface area contributed by atoms with Crippen LogP contribution in [0.1, 0.15) is 29.3 Å². The Morgan fingerprint density at radius 3 is 2.71 bits per heavy atom. The smallest absolute Gasteiger partial charge is 0.345 e. The average Bonchev–Trinajstić information content (AvgIpc) is 2.84. The molecule has 0 aliphatic heterocycles. The van der Waals surface area contributed by atoms with Crippen molar-refractivity contribution in [3.05, 3.63) is 74.1 Å². The molecule has 1 aromatic heterocycles. The molecule has 1 aromatic carbocycles. The summed E-state index contributed by atoms with van der Waals surface area (Å²) in [7, 11) is 3.24. The van der Waals surface area contributed by atoms with E-state index in [1.165, 1.54) is 6.07 Å². The third-order valence-corrected chi connectivity index (χ3v) is 5.71. The summed E-state index contributed by atoms with van der Waals surface area (Å²) < 4.78 is 42.9. The van der Waals surface area contributed by atoms with Crippen molar-refractivity contribution in [1.82, 2.24) is 15.6 Å². The number of rotatable bonds is 10. The fourth-order valence-corrected chi connectivity index (χ4v) is 4.10. The van der Waals surface area contributed by atoms with Crippen molar-refractivity contribution in [2.24, 2.45) is 4.99 Å². The molecule has 0 bridgehead atoms. The van der Waals surface area contributed by atoms with Gasteiger partial charge >= 0.3 is 6.61 Å². The van der Waals surface area contributed by atoms with E-state index in [1.54, 1.807) is 53.0 Å². The van der Waals surface area contributed by atoms with Gasteiger partial charge in [-0.25, -0.2) is 14.4 Å². The molecule has 2 rings (SSSR count). The Hall–Kier alpha value is -3.64. The van der Waals surface area contributed by atoms with Gasteiger partial charge in [-0.2, -0.15) is 8.78 Å². The molecule has 1 amide bonds. The van der Waals surface area contributed by atoms with E-state index in [9.17, 15) is 23.1 Å². The topological polar surface area (TPSA) is 120 Å². The largest absolute Gasteiger partial charge is 0.513 e. The van der Waals surface area contributed by atoms with Crippen LogP contribution in [0.2, 0.25) is 5.02 Å². The van der Waals surface area contributed by atoms with E-state index in [0.717, 1.165) is 18.7 Å². The number of halogens is 4. The molecule has 0 unspecified atom stereocenters. The van der Waals surface area contributed by atoms with E-state index >= 15 is 0 Å². The van der Waals surface area contributed by atoms with E-state index < -0.39 is 30.4 Å². The van der Waals surface area contributed by atoms with Crippen LogP contribution in [0.4, 0.5) is 13.2 Å². The van der Waals surface area contributed by atoms with Gasteiger partial charge in [0.2, 0.25) is 5.91 Å². The monoisotopic (exact) mass is 549 g/mol. The van der Waals surface area contributed by atoms with Crippen LogP contribution in [0.3, 0.4) is 0 Å². The Labute approximate surface area is 223 Å². The molecular formula is C25H28BClF3N5O3. The molecule has 202 valence electrons. The normalized spacial score (nSPS) is 14.7. The van der Waals surface area contributed by atoms with Gasteiger partial charge in [-0.05, 0) is 49.6 Å². The lowest BCUT2D eigenvalue weighted by molar-refractivity contribution is -0.152. The first-order chi connectivity index (χ1) is 17.9. The number of aliphatic hydroxyl groups is 1. The van der Waals surface area contributed by atoms with Crippen LogP contribution in [0.15, 0.2) is 35.3 Å². The fourth-order valence-electron chi connectivity index (χ4n) is 3.82. The number of carbonyl (C=O) groups is 1. The second-order valence-corrected chi connectivity index (χ2v) is 8.96. The second kappa shape index (κ2) is 13.8. The summed E-state index contributed by atoms with van der Waals surface area (Å²) in [5.41, 5.74) is 0.925. The van der Waals surface area contributed by atoms with Gasteiger partial charge in [0.25, 0.3) is 0 Å². The van der Waals surface area contributed by atoms with E-state index in [4.69, 9.17) is 17.0 Å². The lowest BCUT2D eigenvalue weighted by Crippen LogP contribution is -2.46. The molecular weight excluding hydrogens is 522 g/mol. The van der Waals surface area contributed by atoms with Crippen LogP contribution in [-0.2, 0) is 21.4 Å². The first-order valence-electron chi connectivity index (χ1n) is 11.4. The van der Waals surface area contributed by atoms with Crippen molar-refractivity contribution in [2.45, 2.75) is 32.3 Å². The van der Waals surface area contributed by atoms with Gasteiger partial charge in [0, 0.05) is 34.0 Å². The third-order valence-electron chi connectivity index (χ3n) is 5.37. The van der Waals surface area contributed by atoms with Crippen molar-refractivity contribution in [1.29, 1.82) is 5.41 Å². The highest BCUT2D eigenvalue weighted by atomic mass is 35.5. The Kier molecular flexibility index (Phi) is 11.1. The molecule has 0 radical (unpaired) electrons. The minimum atomic E-state index is -3.10. The number of benzene rings is 1. The number of aliphatic hydroxyl groups excluding tert-OH is 1. The minimum absolute atomic E-state index is 0.119. The molecule has 0 aliphatic carbocycles. The highest BCUT2D eigenvalue weighted by Gasteiger charge is 2.27. The third kappa shape index (κ3) is 8.19. The van der Waals surface area contributed by atoms with Gasteiger partial charge in [-0.1, -0.05) is 29.8 Å². The van der Waals surface area contributed by atoms with Crippen LogP contribution in [0, 0.1) is 18.2 Å². The number of allylic oxidation sites excluding steroid dienone is 2. The standard InChI is InChI=1S/C25H28BClF3N5O3/c1-14-8-18(23(32-3)33-13-31)16(21(11-36)34-14)6-4-5-7-17-19(9-15(28)10-20(17)27)25(2,26)35-22(37)12-38-24(29)30/h4-6,8-11,13,24,36H,7,12,26H2,1-3H3,(H,35,37)(H2,31,32,33)/b5-4-,16-6-,21-11-/t25-/m0/s1. The molecule has 0 fully saturated rings. The Bertz CT molecular complexity index is 1370. The zero-order valence-electron chi connectivity index (χ0n) is 21.3. The fraction of sp³-hybridized carbons (Fsp3) is 0.280. The number of pyridine rings is 1. The number of amides is 1. The molecule has 38 heavy (non-hydrogen) atoms. The van der Waals surface area contributed by atoms with Crippen LogP contribution < -0.4 is 21.2 Å². The summed E-state index contributed by atoms with van der Waals surface area (Å²) in [6.45, 7) is -0.612. The molecule has 8 nitrogen and oxygen atoms in total. The molecule has 1 heterocycles. The number of amidine groups is 1. The Morgan fingerprint density at radius 1 is 1.39 bits per heavy atom. The van der Waals surface area contributed by atoms with Gasteiger partial charge in [-0.3, -0.25) is 10.2 Å². The number of hydrogen-bond acceptors (Lipinski definition) is 5. The van der Waals surface area contributed by atoms with E-state index in [0.29, 0.717) is 33.4 Å². The van der Waals surface area contributed by atoms with Crippen molar-refractivity contribution in [3.63, 3.8) is 0 Å². The average molecular weight is 550 g/mol. The molecule has 1 atom stereocenters. The summed E-state index contributed by atoms with van der Waals surface area (Å²) in [4.78, 5) is 20.4. The van der Waals surface area contributed by atoms with E-state index in [2.05, 4.69) is 25.3 Å². The molecule has 0 aliphatic rings. The molecule has 0 saturated heterocycles. The number of hydrogen-bond donors (Lipinski definition) is 4. The molecule has 0 spiro atoms. The predicted octanol–water partition coefficient (Wildman–Crippen LogP) is 1.79. The maximum atomic E-state index is 14.3. The van der Waals surface area contributed by atoms with Crippen molar-refractivity contribution in [3.8, 4) is 0 Å². The number of ether oxygens (including phenoxy) is 1. The quantitative estimate of drug-likeness (QED) is 0.205. The number of aromatic nitrogens is 1.